The van der Waals surface area contributed by atoms with Gasteiger partial charge in [0.15, 0.2) is 0 Å². The van der Waals surface area contributed by atoms with Gasteiger partial charge in [-0.05, 0) is 44.0 Å². The second-order valence-electron chi connectivity index (χ2n) is 5.76. The normalized spacial score (nSPS) is 13.9. The zero-order valence-corrected chi connectivity index (χ0v) is 13.7. The topological polar surface area (TPSA) is 68.0 Å². The van der Waals surface area contributed by atoms with Gasteiger partial charge in [-0.2, -0.15) is 0 Å². The Hall–Kier alpha value is -2.54. The summed E-state index contributed by atoms with van der Waals surface area (Å²) >= 11 is 1.47. The third-order valence-electron chi connectivity index (χ3n) is 3.83. The van der Waals surface area contributed by atoms with E-state index in [0.29, 0.717) is 23.4 Å². The zero-order valence-electron chi connectivity index (χ0n) is 12.9. The average Bonchev–Trinajstić information content (AvgIpc) is 3.18. The Kier molecular flexibility index (Phi) is 3.65. The van der Waals surface area contributed by atoms with E-state index < -0.39 is 5.82 Å². The molecule has 0 atom stereocenters. The first-order valence-corrected chi connectivity index (χ1v) is 8.43. The molecule has 1 amide bonds. The van der Waals surface area contributed by atoms with E-state index in [9.17, 15) is 9.18 Å². The van der Waals surface area contributed by atoms with Crippen molar-refractivity contribution in [3.8, 4) is 10.8 Å². The van der Waals surface area contributed by atoms with Crippen LogP contribution in [0.25, 0.3) is 10.8 Å². The van der Waals surface area contributed by atoms with Crippen LogP contribution in [-0.2, 0) is 0 Å². The Morgan fingerprint density at radius 2 is 2.17 bits per heavy atom. The first-order chi connectivity index (χ1) is 11.6. The van der Waals surface area contributed by atoms with Gasteiger partial charge in [0, 0.05) is 16.4 Å². The van der Waals surface area contributed by atoms with Crippen LogP contribution in [0.5, 0.6) is 0 Å². The second-order valence-corrected chi connectivity index (χ2v) is 7.02. The number of benzene rings is 1. The van der Waals surface area contributed by atoms with Gasteiger partial charge >= 0.3 is 0 Å². The summed E-state index contributed by atoms with van der Waals surface area (Å²) in [5.41, 5.74) is 0.936. The number of nitrogens with zero attached hydrogens (tertiary/aromatic N) is 2. The minimum atomic E-state index is -0.441. The van der Waals surface area contributed by atoms with Crippen molar-refractivity contribution in [3.63, 3.8) is 0 Å². The molecule has 1 aromatic carbocycles. The summed E-state index contributed by atoms with van der Waals surface area (Å²) in [5, 5.41) is 11.0. The van der Waals surface area contributed by atoms with E-state index in [-0.39, 0.29) is 11.5 Å². The lowest BCUT2D eigenvalue weighted by Gasteiger charge is -2.04. The standard InChI is InChI=1S/C17H14FN3O2S/c1-9-13(19-15(22)11-3-2-4-12(18)7-11)8-14(24-9)17-21-20-16(23-17)10-5-6-10/h2-4,7-8,10H,5-6H2,1H3,(H,19,22). The fourth-order valence-corrected chi connectivity index (χ4v) is 3.26. The number of hydrogen-bond donors (Lipinski definition) is 1. The van der Waals surface area contributed by atoms with E-state index in [1.807, 2.05) is 6.92 Å². The molecule has 2 heterocycles. The third kappa shape index (κ3) is 2.94. The molecular weight excluding hydrogens is 329 g/mol. The average molecular weight is 343 g/mol. The number of rotatable bonds is 4. The molecule has 1 saturated carbocycles. The van der Waals surface area contributed by atoms with E-state index >= 15 is 0 Å². The Morgan fingerprint density at radius 3 is 2.92 bits per heavy atom. The van der Waals surface area contributed by atoms with Crippen LogP contribution in [0, 0.1) is 12.7 Å². The molecule has 122 valence electrons. The van der Waals surface area contributed by atoms with Gasteiger partial charge < -0.3 is 9.73 Å². The molecule has 0 aliphatic heterocycles. The lowest BCUT2D eigenvalue weighted by Crippen LogP contribution is -2.12. The number of carbonyl (C=O) groups is 1. The minimum absolute atomic E-state index is 0.274. The first-order valence-electron chi connectivity index (χ1n) is 7.61. The number of hydrogen-bond acceptors (Lipinski definition) is 5. The van der Waals surface area contributed by atoms with Crippen molar-refractivity contribution in [1.29, 1.82) is 0 Å². The second kappa shape index (κ2) is 5.83. The summed E-state index contributed by atoms with van der Waals surface area (Å²) in [7, 11) is 0. The molecule has 0 unspecified atom stereocenters. The van der Waals surface area contributed by atoms with Crippen LogP contribution in [0.15, 0.2) is 34.7 Å². The van der Waals surface area contributed by atoms with Crippen molar-refractivity contribution < 1.29 is 13.6 Å². The predicted molar refractivity (Wildman–Crippen MR) is 88.7 cm³/mol. The van der Waals surface area contributed by atoms with E-state index in [0.717, 1.165) is 22.6 Å². The van der Waals surface area contributed by atoms with E-state index in [1.165, 1.54) is 29.5 Å². The maximum absolute atomic E-state index is 13.2. The summed E-state index contributed by atoms with van der Waals surface area (Å²) in [4.78, 5) is 14.0. The highest BCUT2D eigenvalue weighted by molar-refractivity contribution is 7.15. The van der Waals surface area contributed by atoms with Crippen LogP contribution in [0.4, 0.5) is 10.1 Å². The number of aryl methyl sites for hydroxylation is 1. The number of aromatic nitrogens is 2. The van der Waals surface area contributed by atoms with Crippen molar-refractivity contribution in [2.75, 3.05) is 5.32 Å². The number of halogens is 1. The molecular formula is C17H14FN3O2S. The molecule has 0 radical (unpaired) electrons. The lowest BCUT2D eigenvalue weighted by atomic mass is 10.2. The highest BCUT2D eigenvalue weighted by atomic mass is 32.1. The first kappa shape index (κ1) is 15.0. The van der Waals surface area contributed by atoms with Crippen LogP contribution in [0.2, 0.25) is 0 Å². The molecule has 1 fully saturated rings. The van der Waals surface area contributed by atoms with Crippen LogP contribution >= 0.6 is 11.3 Å². The van der Waals surface area contributed by atoms with Gasteiger partial charge in [-0.3, -0.25) is 4.79 Å². The van der Waals surface area contributed by atoms with Gasteiger partial charge in [-0.25, -0.2) is 4.39 Å². The zero-order chi connectivity index (χ0) is 16.7. The fraction of sp³-hybridized carbons (Fsp3) is 0.235. The molecule has 24 heavy (non-hydrogen) atoms. The minimum Gasteiger partial charge on any atom is -0.420 e. The molecule has 1 N–H and O–H groups in total. The molecule has 7 heteroatoms. The Bertz CT molecular complexity index is 914. The highest BCUT2D eigenvalue weighted by Gasteiger charge is 2.29. The van der Waals surface area contributed by atoms with Gasteiger partial charge in [0.25, 0.3) is 11.8 Å². The summed E-state index contributed by atoms with van der Waals surface area (Å²) < 4.78 is 18.9. The van der Waals surface area contributed by atoms with Crippen LogP contribution in [-0.4, -0.2) is 16.1 Å². The fourth-order valence-electron chi connectivity index (χ4n) is 2.37. The molecule has 1 aliphatic rings. The largest absolute Gasteiger partial charge is 0.420 e. The number of anilines is 1. The number of thiophene rings is 1. The molecule has 3 aromatic rings. The molecule has 5 nitrogen and oxygen atoms in total. The Balaban J connectivity index is 1.55. The van der Waals surface area contributed by atoms with E-state index in [1.54, 1.807) is 12.1 Å². The van der Waals surface area contributed by atoms with Crippen molar-refractivity contribution in [3.05, 3.63) is 52.5 Å². The summed E-state index contributed by atoms with van der Waals surface area (Å²) in [5.74, 6) is 0.757. The van der Waals surface area contributed by atoms with Crippen LogP contribution in [0.1, 0.15) is 39.9 Å². The molecule has 2 aromatic heterocycles. The van der Waals surface area contributed by atoms with Crippen molar-refractivity contribution in [2.24, 2.45) is 0 Å². The summed E-state index contributed by atoms with van der Waals surface area (Å²) in [6, 6.07) is 7.39. The molecule has 0 bridgehead atoms. The van der Waals surface area contributed by atoms with Gasteiger partial charge in [0.1, 0.15) is 5.82 Å². The summed E-state index contributed by atoms with van der Waals surface area (Å²) in [6.07, 6.45) is 2.19. The molecule has 1 aliphatic carbocycles. The van der Waals surface area contributed by atoms with Crippen LogP contribution in [0.3, 0.4) is 0 Å². The van der Waals surface area contributed by atoms with Gasteiger partial charge in [0.05, 0.1) is 10.6 Å². The maximum atomic E-state index is 13.2. The third-order valence-corrected chi connectivity index (χ3v) is 4.87. The van der Waals surface area contributed by atoms with Crippen molar-refractivity contribution in [2.45, 2.75) is 25.7 Å². The smallest absolute Gasteiger partial charge is 0.257 e. The van der Waals surface area contributed by atoms with Crippen molar-refractivity contribution in [1.82, 2.24) is 10.2 Å². The number of amides is 1. The molecule has 0 saturated heterocycles. The van der Waals surface area contributed by atoms with Crippen molar-refractivity contribution >= 4 is 22.9 Å². The Morgan fingerprint density at radius 1 is 1.33 bits per heavy atom. The highest BCUT2D eigenvalue weighted by Crippen LogP contribution is 2.41. The quantitative estimate of drug-likeness (QED) is 0.763. The van der Waals surface area contributed by atoms with Crippen LogP contribution < -0.4 is 5.32 Å². The SMILES string of the molecule is Cc1sc(-c2nnc(C3CC3)o2)cc1NC(=O)c1cccc(F)c1. The molecule has 4 rings (SSSR count). The molecule has 0 spiro atoms. The Labute approximate surface area is 141 Å². The van der Waals surface area contributed by atoms with Gasteiger partial charge in [-0.1, -0.05) is 6.07 Å². The monoisotopic (exact) mass is 343 g/mol. The predicted octanol–water partition coefficient (Wildman–Crippen LogP) is 4.38. The van der Waals surface area contributed by atoms with Gasteiger partial charge in [0.2, 0.25) is 5.89 Å². The van der Waals surface area contributed by atoms with E-state index in [4.69, 9.17) is 4.42 Å². The maximum Gasteiger partial charge on any atom is 0.257 e. The van der Waals surface area contributed by atoms with E-state index in [2.05, 4.69) is 15.5 Å². The van der Waals surface area contributed by atoms with Gasteiger partial charge in [-0.15, -0.1) is 21.5 Å². The lowest BCUT2D eigenvalue weighted by molar-refractivity contribution is 0.102. The summed E-state index contributed by atoms with van der Waals surface area (Å²) in [6.45, 7) is 1.90. The number of carbonyl (C=O) groups excluding carboxylic acids is 1. The number of nitrogens with one attached hydrogen (secondary N) is 1.